The van der Waals surface area contributed by atoms with Gasteiger partial charge in [0.1, 0.15) is 6.54 Å². The number of nitrogens with one attached hydrogen (secondary N) is 1. The first-order valence-electron chi connectivity index (χ1n) is 8.22. The average molecular weight is 336 g/mol. The van der Waals surface area contributed by atoms with E-state index in [-0.39, 0.29) is 30.7 Å². The molecule has 0 radical (unpaired) electrons. The summed E-state index contributed by atoms with van der Waals surface area (Å²) in [5.74, 6) is -1.50. The van der Waals surface area contributed by atoms with E-state index >= 15 is 0 Å². The first kappa shape index (κ1) is 16.9. The molecule has 5 nitrogen and oxygen atoms in total. The molecule has 1 atom stereocenters. The van der Waals surface area contributed by atoms with Crippen molar-refractivity contribution in [1.82, 2.24) is 4.90 Å². The van der Waals surface area contributed by atoms with Crippen LogP contribution in [0.5, 0.6) is 0 Å². The van der Waals surface area contributed by atoms with Crippen LogP contribution in [0.4, 0.5) is 5.69 Å². The van der Waals surface area contributed by atoms with Crippen LogP contribution in [0.3, 0.4) is 0 Å². The van der Waals surface area contributed by atoms with E-state index in [0.29, 0.717) is 5.69 Å². The highest BCUT2D eigenvalue weighted by atomic mass is 16.2. The maximum Gasteiger partial charge on any atom is 0.244 e. The summed E-state index contributed by atoms with van der Waals surface area (Å²) < 4.78 is 0. The molecule has 1 aliphatic heterocycles. The van der Waals surface area contributed by atoms with E-state index in [2.05, 4.69) is 5.32 Å². The molecule has 1 N–H and O–H groups in total. The summed E-state index contributed by atoms with van der Waals surface area (Å²) in [5.41, 5.74) is 3.66. The highest BCUT2D eigenvalue weighted by Crippen LogP contribution is 2.29. The fourth-order valence-electron chi connectivity index (χ4n) is 2.96. The SMILES string of the molecule is Cc1ccc(NC(=O)CN2C(=O)CC(c3ccccc3)C2=O)cc1C. The van der Waals surface area contributed by atoms with Crippen molar-refractivity contribution >= 4 is 23.4 Å². The molecule has 1 saturated heterocycles. The number of carbonyl (C=O) groups excluding carboxylic acids is 3. The van der Waals surface area contributed by atoms with Crippen LogP contribution in [0.1, 0.15) is 29.0 Å². The zero-order valence-corrected chi connectivity index (χ0v) is 14.3. The number of anilines is 1. The van der Waals surface area contributed by atoms with Gasteiger partial charge in [-0.1, -0.05) is 36.4 Å². The Kier molecular flexibility index (Phi) is 4.65. The summed E-state index contributed by atoms with van der Waals surface area (Å²) >= 11 is 0. The van der Waals surface area contributed by atoms with Gasteiger partial charge < -0.3 is 5.32 Å². The normalized spacial score (nSPS) is 17.0. The minimum Gasteiger partial charge on any atom is -0.325 e. The van der Waals surface area contributed by atoms with Gasteiger partial charge in [-0.3, -0.25) is 19.3 Å². The molecule has 1 heterocycles. The number of nitrogens with zero attached hydrogens (tertiary/aromatic N) is 1. The average Bonchev–Trinajstić information content (AvgIpc) is 2.87. The molecule has 0 bridgehead atoms. The van der Waals surface area contributed by atoms with Gasteiger partial charge >= 0.3 is 0 Å². The number of hydrogen-bond acceptors (Lipinski definition) is 3. The van der Waals surface area contributed by atoms with E-state index in [1.54, 1.807) is 6.07 Å². The third kappa shape index (κ3) is 3.60. The minimum absolute atomic E-state index is 0.111. The number of imide groups is 1. The number of benzene rings is 2. The summed E-state index contributed by atoms with van der Waals surface area (Å²) in [7, 11) is 0. The van der Waals surface area contributed by atoms with Crippen LogP contribution in [0.2, 0.25) is 0 Å². The van der Waals surface area contributed by atoms with Crippen molar-refractivity contribution in [3.63, 3.8) is 0 Å². The summed E-state index contributed by atoms with van der Waals surface area (Å²) in [5, 5.41) is 2.75. The summed E-state index contributed by atoms with van der Waals surface area (Å²) in [6.07, 6.45) is 0.111. The molecule has 0 aliphatic carbocycles. The van der Waals surface area contributed by atoms with Gasteiger partial charge in [-0.25, -0.2) is 0 Å². The maximum absolute atomic E-state index is 12.5. The number of hydrogen-bond donors (Lipinski definition) is 1. The fourth-order valence-corrected chi connectivity index (χ4v) is 2.96. The fraction of sp³-hybridized carbons (Fsp3) is 0.250. The quantitative estimate of drug-likeness (QED) is 0.873. The monoisotopic (exact) mass is 336 g/mol. The lowest BCUT2D eigenvalue weighted by molar-refractivity contribution is -0.141. The van der Waals surface area contributed by atoms with Crippen LogP contribution in [-0.2, 0) is 14.4 Å². The lowest BCUT2D eigenvalue weighted by atomic mass is 9.98. The minimum atomic E-state index is -0.497. The van der Waals surface area contributed by atoms with Gasteiger partial charge in [0.05, 0.1) is 5.92 Å². The van der Waals surface area contributed by atoms with E-state index in [9.17, 15) is 14.4 Å². The van der Waals surface area contributed by atoms with Gasteiger partial charge in [0.15, 0.2) is 0 Å². The summed E-state index contributed by atoms with van der Waals surface area (Å²) in [6.45, 7) is 3.70. The number of aryl methyl sites for hydroxylation is 2. The van der Waals surface area contributed by atoms with E-state index < -0.39 is 5.92 Å². The molecule has 1 unspecified atom stereocenters. The molecule has 1 aliphatic rings. The molecule has 25 heavy (non-hydrogen) atoms. The molecular weight excluding hydrogens is 316 g/mol. The Balaban J connectivity index is 1.67. The van der Waals surface area contributed by atoms with Crippen LogP contribution in [0.25, 0.3) is 0 Å². The summed E-state index contributed by atoms with van der Waals surface area (Å²) in [4.78, 5) is 38.0. The second-order valence-corrected chi connectivity index (χ2v) is 6.33. The molecule has 5 heteroatoms. The standard InChI is InChI=1S/C20H20N2O3/c1-13-8-9-16(10-14(13)2)21-18(23)12-22-19(24)11-17(20(22)25)15-6-4-3-5-7-15/h3-10,17H,11-12H2,1-2H3,(H,21,23). The third-order valence-electron chi connectivity index (χ3n) is 4.54. The third-order valence-corrected chi connectivity index (χ3v) is 4.54. The van der Waals surface area contributed by atoms with E-state index in [1.807, 2.05) is 56.3 Å². The number of rotatable bonds is 4. The zero-order chi connectivity index (χ0) is 18.0. The van der Waals surface area contributed by atoms with Gasteiger partial charge in [0, 0.05) is 12.1 Å². The topological polar surface area (TPSA) is 66.5 Å². The smallest absolute Gasteiger partial charge is 0.244 e. The second-order valence-electron chi connectivity index (χ2n) is 6.33. The van der Waals surface area contributed by atoms with Crippen molar-refractivity contribution in [3.8, 4) is 0 Å². The first-order chi connectivity index (χ1) is 12.0. The molecule has 2 aromatic carbocycles. The number of likely N-dealkylation sites (tertiary alicyclic amines) is 1. The molecule has 3 amide bonds. The Hall–Kier alpha value is -2.95. The van der Waals surface area contributed by atoms with Crippen LogP contribution in [0.15, 0.2) is 48.5 Å². The molecule has 3 rings (SSSR count). The maximum atomic E-state index is 12.5. The van der Waals surface area contributed by atoms with Crippen LogP contribution in [0, 0.1) is 13.8 Å². The molecular formula is C20H20N2O3. The Labute approximate surface area is 146 Å². The van der Waals surface area contributed by atoms with Gasteiger partial charge in [0.25, 0.3) is 0 Å². The van der Waals surface area contributed by atoms with Crippen molar-refractivity contribution in [2.75, 3.05) is 11.9 Å². The van der Waals surface area contributed by atoms with Crippen LogP contribution in [-0.4, -0.2) is 29.2 Å². The van der Waals surface area contributed by atoms with Gasteiger partial charge in [-0.15, -0.1) is 0 Å². The molecule has 128 valence electrons. The van der Waals surface area contributed by atoms with Crippen molar-refractivity contribution in [2.45, 2.75) is 26.2 Å². The first-order valence-corrected chi connectivity index (χ1v) is 8.22. The predicted molar refractivity (Wildman–Crippen MR) is 95.1 cm³/mol. The van der Waals surface area contributed by atoms with Crippen LogP contribution < -0.4 is 5.32 Å². The second kappa shape index (κ2) is 6.89. The van der Waals surface area contributed by atoms with Gasteiger partial charge in [0.2, 0.25) is 17.7 Å². The lowest BCUT2D eigenvalue weighted by Gasteiger charge is -2.15. The Morgan fingerprint density at radius 2 is 1.80 bits per heavy atom. The van der Waals surface area contributed by atoms with Crippen molar-refractivity contribution in [3.05, 3.63) is 65.2 Å². The van der Waals surface area contributed by atoms with E-state index in [1.165, 1.54) is 0 Å². The van der Waals surface area contributed by atoms with Gasteiger partial charge in [-0.2, -0.15) is 0 Å². The highest BCUT2D eigenvalue weighted by Gasteiger charge is 2.40. The van der Waals surface area contributed by atoms with Crippen molar-refractivity contribution in [2.24, 2.45) is 0 Å². The molecule has 0 spiro atoms. The molecule has 0 aromatic heterocycles. The highest BCUT2D eigenvalue weighted by molar-refractivity contribution is 6.09. The Morgan fingerprint density at radius 1 is 1.08 bits per heavy atom. The van der Waals surface area contributed by atoms with E-state index in [4.69, 9.17) is 0 Å². The largest absolute Gasteiger partial charge is 0.325 e. The lowest BCUT2D eigenvalue weighted by Crippen LogP contribution is -2.37. The molecule has 1 fully saturated rings. The van der Waals surface area contributed by atoms with E-state index in [0.717, 1.165) is 21.6 Å². The molecule has 0 saturated carbocycles. The zero-order valence-electron chi connectivity index (χ0n) is 14.3. The molecule has 2 aromatic rings. The Morgan fingerprint density at radius 3 is 2.48 bits per heavy atom. The van der Waals surface area contributed by atoms with Crippen LogP contribution >= 0.6 is 0 Å². The van der Waals surface area contributed by atoms with Crippen molar-refractivity contribution < 1.29 is 14.4 Å². The Bertz CT molecular complexity index is 830. The predicted octanol–water partition coefficient (Wildman–Crippen LogP) is 2.78. The van der Waals surface area contributed by atoms with Gasteiger partial charge in [-0.05, 0) is 42.7 Å². The number of amides is 3. The van der Waals surface area contributed by atoms with Crippen molar-refractivity contribution in [1.29, 1.82) is 0 Å². The summed E-state index contributed by atoms with van der Waals surface area (Å²) in [6, 6.07) is 14.8. The number of carbonyl (C=O) groups is 3.